The van der Waals surface area contributed by atoms with E-state index in [2.05, 4.69) is 4.72 Å². The topological polar surface area (TPSA) is 66.4 Å². The molecular formula is C7H15NO3S. The second kappa shape index (κ2) is 5.29. The Labute approximate surface area is 73.3 Å². The minimum atomic E-state index is -3.27. The molecule has 0 saturated heterocycles. The van der Waals surface area contributed by atoms with E-state index in [1.807, 2.05) is 13.8 Å². The fourth-order valence-corrected chi connectivity index (χ4v) is 1.29. The molecule has 0 aromatic carbocycles. The van der Waals surface area contributed by atoms with E-state index in [1.54, 1.807) is 6.08 Å². The van der Waals surface area contributed by atoms with Crippen molar-refractivity contribution < 1.29 is 13.5 Å². The van der Waals surface area contributed by atoms with Gasteiger partial charge in [0.15, 0.2) is 0 Å². The lowest BCUT2D eigenvalue weighted by Crippen LogP contribution is -2.27. The third-order valence-corrected chi connectivity index (χ3v) is 2.50. The molecule has 0 aliphatic carbocycles. The fourth-order valence-electron chi connectivity index (χ4n) is 0.565. The molecule has 0 unspecified atom stereocenters. The van der Waals surface area contributed by atoms with Gasteiger partial charge in [-0.25, -0.2) is 13.1 Å². The Bertz CT molecular complexity index is 239. The van der Waals surface area contributed by atoms with Crippen LogP contribution in [0, 0.1) is 0 Å². The van der Waals surface area contributed by atoms with Gasteiger partial charge in [-0.3, -0.25) is 0 Å². The van der Waals surface area contributed by atoms with Crippen LogP contribution < -0.4 is 4.72 Å². The first-order valence-corrected chi connectivity index (χ1v) is 5.35. The summed E-state index contributed by atoms with van der Waals surface area (Å²) in [4.78, 5) is 0. The van der Waals surface area contributed by atoms with Crippen molar-refractivity contribution in [2.24, 2.45) is 0 Å². The molecule has 0 heterocycles. The van der Waals surface area contributed by atoms with Gasteiger partial charge in [-0.1, -0.05) is 11.6 Å². The van der Waals surface area contributed by atoms with Crippen molar-refractivity contribution in [1.29, 1.82) is 0 Å². The Morgan fingerprint density at radius 1 is 1.50 bits per heavy atom. The Hall–Kier alpha value is -0.390. The standard InChI is InChI=1S/C7H15NO3S/c1-7(2)3-4-8-12(10,11)6-5-9/h3,8-9H,4-6H2,1-2H3. The summed E-state index contributed by atoms with van der Waals surface area (Å²) in [5, 5.41) is 8.38. The third-order valence-electron chi connectivity index (χ3n) is 1.17. The number of sulfonamides is 1. The van der Waals surface area contributed by atoms with E-state index in [-0.39, 0.29) is 12.4 Å². The van der Waals surface area contributed by atoms with Gasteiger partial charge in [0.1, 0.15) is 0 Å². The predicted octanol–water partition coefficient (Wildman–Crippen LogP) is -0.136. The minimum Gasteiger partial charge on any atom is -0.395 e. The molecule has 0 amide bonds. The van der Waals surface area contributed by atoms with Crippen molar-refractivity contribution in [3.8, 4) is 0 Å². The Morgan fingerprint density at radius 2 is 2.08 bits per heavy atom. The van der Waals surface area contributed by atoms with Crippen LogP contribution in [0.1, 0.15) is 13.8 Å². The van der Waals surface area contributed by atoms with Crippen molar-refractivity contribution >= 4 is 10.0 Å². The maximum Gasteiger partial charge on any atom is 0.214 e. The van der Waals surface area contributed by atoms with E-state index < -0.39 is 10.0 Å². The molecule has 0 spiro atoms. The maximum atomic E-state index is 10.9. The van der Waals surface area contributed by atoms with Crippen molar-refractivity contribution in [3.05, 3.63) is 11.6 Å². The van der Waals surface area contributed by atoms with Crippen LogP contribution in [0.2, 0.25) is 0 Å². The number of rotatable bonds is 5. The third kappa shape index (κ3) is 6.33. The molecule has 0 aliphatic heterocycles. The number of hydrogen-bond acceptors (Lipinski definition) is 3. The van der Waals surface area contributed by atoms with E-state index in [1.165, 1.54) is 0 Å². The van der Waals surface area contributed by atoms with Gasteiger partial charge in [-0.05, 0) is 13.8 Å². The lowest BCUT2D eigenvalue weighted by atomic mass is 10.3. The number of aliphatic hydroxyl groups excluding tert-OH is 1. The molecule has 0 saturated carbocycles. The summed E-state index contributed by atoms with van der Waals surface area (Å²) in [6, 6.07) is 0. The van der Waals surface area contributed by atoms with Crippen molar-refractivity contribution in [2.75, 3.05) is 18.9 Å². The summed E-state index contributed by atoms with van der Waals surface area (Å²) in [6.45, 7) is 3.73. The van der Waals surface area contributed by atoms with Gasteiger partial charge in [0.2, 0.25) is 10.0 Å². The summed E-state index contributed by atoms with van der Waals surface area (Å²) in [6.07, 6.45) is 1.77. The predicted molar refractivity (Wildman–Crippen MR) is 48.3 cm³/mol. The summed E-state index contributed by atoms with van der Waals surface area (Å²) in [7, 11) is -3.27. The zero-order valence-electron chi connectivity index (χ0n) is 7.37. The van der Waals surface area contributed by atoms with Crippen LogP contribution >= 0.6 is 0 Å². The van der Waals surface area contributed by atoms with E-state index in [0.717, 1.165) is 5.57 Å². The van der Waals surface area contributed by atoms with Crippen LogP contribution in [0.15, 0.2) is 11.6 Å². The second-order valence-corrected chi connectivity index (χ2v) is 4.60. The molecule has 2 N–H and O–H groups in total. The van der Waals surface area contributed by atoms with Gasteiger partial charge >= 0.3 is 0 Å². The number of allylic oxidation sites excluding steroid dienone is 1. The molecule has 5 heteroatoms. The largest absolute Gasteiger partial charge is 0.395 e. The Morgan fingerprint density at radius 3 is 2.50 bits per heavy atom. The van der Waals surface area contributed by atoms with Crippen LogP contribution in [-0.4, -0.2) is 32.4 Å². The maximum absolute atomic E-state index is 10.9. The zero-order valence-corrected chi connectivity index (χ0v) is 8.19. The molecule has 0 aromatic heterocycles. The monoisotopic (exact) mass is 193 g/mol. The van der Waals surface area contributed by atoms with Gasteiger partial charge in [0.05, 0.1) is 12.4 Å². The highest BCUT2D eigenvalue weighted by molar-refractivity contribution is 7.89. The molecule has 0 radical (unpaired) electrons. The second-order valence-electron chi connectivity index (χ2n) is 2.67. The average molecular weight is 193 g/mol. The van der Waals surface area contributed by atoms with Gasteiger partial charge in [-0.15, -0.1) is 0 Å². The molecule has 0 bridgehead atoms. The zero-order chi connectivity index (χ0) is 9.61. The SMILES string of the molecule is CC(C)=CCNS(=O)(=O)CCO. The highest BCUT2D eigenvalue weighted by Gasteiger charge is 2.05. The molecule has 72 valence electrons. The smallest absolute Gasteiger partial charge is 0.214 e. The highest BCUT2D eigenvalue weighted by Crippen LogP contribution is 1.87. The molecule has 12 heavy (non-hydrogen) atoms. The van der Waals surface area contributed by atoms with Crippen molar-refractivity contribution in [3.63, 3.8) is 0 Å². The fraction of sp³-hybridized carbons (Fsp3) is 0.714. The van der Waals surface area contributed by atoms with Gasteiger partial charge in [-0.2, -0.15) is 0 Å². The van der Waals surface area contributed by atoms with E-state index >= 15 is 0 Å². The number of aliphatic hydroxyl groups is 1. The van der Waals surface area contributed by atoms with Gasteiger partial charge in [0.25, 0.3) is 0 Å². The first-order valence-electron chi connectivity index (χ1n) is 3.69. The summed E-state index contributed by atoms with van der Waals surface area (Å²) in [5.41, 5.74) is 1.06. The van der Waals surface area contributed by atoms with Crippen LogP contribution in [0.5, 0.6) is 0 Å². The lowest BCUT2D eigenvalue weighted by Gasteiger charge is -2.01. The summed E-state index contributed by atoms with van der Waals surface area (Å²) >= 11 is 0. The van der Waals surface area contributed by atoms with E-state index in [4.69, 9.17) is 5.11 Å². The Kier molecular flexibility index (Phi) is 5.12. The Balaban J connectivity index is 3.85. The molecule has 0 fully saturated rings. The van der Waals surface area contributed by atoms with Crippen molar-refractivity contribution in [1.82, 2.24) is 4.72 Å². The highest BCUT2D eigenvalue weighted by atomic mass is 32.2. The number of nitrogens with one attached hydrogen (secondary N) is 1. The molecular weight excluding hydrogens is 178 g/mol. The van der Waals surface area contributed by atoms with Crippen LogP contribution in [0.4, 0.5) is 0 Å². The number of hydrogen-bond donors (Lipinski definition) is 2. The quantitative estimate of drug-likeness (QED) is 0.597. The van der Waals surface area contributed by atoms with Crippen LogP contribution in [-0.2, 0) is 10.0 Å². The van der Waals surface area contributed by atoms with Crippen LogP contribution in [0.25, 0.3) is 0 Å². The average Bonchev–Trinajstić information content (AvgIpc) is 1.85. The van der Waals surface area contributed by atoms with E-state index in [0.29, 0.717) is 6.54 Å². The molecule has 0 aromatic rings. The van der Waals surface area contributed by atoms with Gasteiger partial charge in [0, 0.05) is 6.54 Å². The summed E-state index contributed by atoms with van der Waals surface area (Å²) < 4.78 is 24.2. The minimum absolute atomic E-state index is 0.233. The lowest BCUT2D eigenvalue weighted by molar-refractivity contribution is 0.319. The normalized spacial score (nSPS) is 11.2. The molecule has 4 nitrogen and oxygen atoms in total. The molecule has 0 rings (SSSR count). The first kappa shape index (κ1) is 11.6. The van der Waals surface area contributed by atoms with Gasteiger partial charge < -0.3 is 5.11 Å². The molecule has 0 atom stereocenters. The van der Waals surface area contributed by atoms with E-state index in [9.17, 15) is 8.42 Å². The van der Waals surface area contributed by atoms with Crippen molar-refractivity contribution in [2.45, 2.75) is 13.8 Å². The van der Waals surface area contributed by atoms with Crippen LogP contribution in [0.3, 0.4) is 0 Å². The first-order chi connectivity index (χ1) is 5.48. The molecule has 0 aliphatic rings. The summed E-state index contributed by atoms with van der Waals surface area (Å²) in [5.74, 6) is -0.233.